The van der Waals surface area contributed by atoms with Gasteiger partial charge < -0.3 is 10.1 Å². The monoisotopic (exact) mass is 387 g/mol. The molecule has 2 aromatic heterocycles. The number of nitro groups is 1. The van der Waals surface area contributed by atoms with E-state index >= 15 is 0 Å². The summed E-state index contributed by atoms with van der Waals surface area (Å²) in [5.41, 5.74) is 0.381. The van der Waals surface area contributed by atoms with Gasteiger partial charge in [-0.25, -0.2) is 9.55 Å². The van der Waals surface area contributed by atoms with Gasteiger partial charge >= 0.3 is 5.82 Å². The molecule has 1 aromatic carbocycles. The molecule has 3 rings (SSSR count). The maximum atomic E-state index is 12.5. The predicted octanol–water partition coefficient (Wildman–Crippen LogP) is 2.00. The third kappa shape index (κ3) is 3.55. The molecule has 138 valence electrons. The summed E-state index contributed by atoms with van der Waals surface area (Å²) in [6, 6.07) is 8.87. The van der Waals surface area contributed by atoms with Gasteiger partial charge in [0.05, 0.1) is 18.9 Å². The minimum atomic E-state index is -0.544. The van der Waals surface area contributed by atoms with Gasteiger partial charge in [-0.15, -0.1) is 0 Å². The zero-order valence-electron chi connectivity index (χ0n) is 14.4. The molecule has 0 unspecified atom stereocenters. The number of anilines is 1. The van der Waals surface area contributed by atoms with Crippen molar-refractivity contribution in [3.8, 4) is 5.69 Å². The number of halogens is 1. The van der Waals surface area contributed by atoms with Crippen LogP contribution in [0.3, 0.4) is 0 Å². The van der Waals surface area contributed by atoms with Gasteiger partial charge in [0.25, 0.3) is 5.56 Å². The van der Waals surface area contributed by atoms with Crippen molar-refractivity contribution in [2.75, 3.05) is 12.1 Å². The molecule has 0 N–H and O–H groups in total. The van der Waals surface area contributed by atoms with Crippen LogP contribution in [0.15, 0.2) is 52.6 Å². The van der Waals surface area contributed by atoms with Crippen molar-refractivity contribution in [2.24, 2.45) is 12.1 Å². The number of rotatable bonds is 5. The molecule has 0 fully saturated rings. The minimum absolute atomic E-state index is 0.0562. The van der Waals surface area contributed by atoms with Crippen LogP contribution < -0.4 is 10.6 Å². The van der Waals surface area contributed by atoms with Crippen LogP contribution in [0, 0.1) is 10.1 Å². The van der Waals surface area contributed by atoms with Crippen LogP contribution in [0.2, 0.25) is 5.02 Å². The molecule has 10 nitrogen and oxygen atoms in total. The second-order valence-corrected chi connectivity index (χ2v) is 5.83. The third-order valence-electron chi connectivity index (χ3n) is 3.78. The number of hydrogen-bond donors (Lipinski definition) is 0. The molecule has 0 radical (unpaired) electrons. The van der Waals surface area contributed by atoms with E-state index in [4.69, 9.17) is 11.6 Å². The van der Waals surface area contributed by atoms with Crippen molar-refractivity contribution in [2.45, 2.75) is 0 Å². The molecule has 0 amide bonds. The first-order valence-corrected chi connectivity index (χ1v) is 8.05. The zero-order valence-corrected chi connectivity index (χ0v) is 15.1. The van der Waals surface area contributed by atoms with Gasteiger partial charge in [0.1, 0.15) is 23.1 Å². The Kier molecular flexibility index (Phi) is 4.99. The van der Waals surface area contributed by atoms with Gasteiger partial charge in [-0.05, 0) is 17.1 Å². The minimum Gasteiger partial charge on any atom is -0.358 e. The van der Waals surface area contributed by atoms with Gasteiger partial charge in [-0.1, -0.05) is 29.8 Å². The van der Waals surface area contributed by atoms with Gasteiger partial charge in [0, 0.05) is 7.05 Å². The maximum Gasteiger partial charge on any atom is 0.342 e. The first-order chi connectivity index (χ1) is 12.9. The van der Waals surface area contributed by atoms with Crippen molar-refractivity contribution in [1.82, 2.24) is 19.3 Å². The highest BCUT2D eigenvalue weighted by Crippen LogP contribution is 2.21. The van der Waals surface area contributed by atoms with E-state index in [9.17, 15) is 14.9 Å². The van der Waals surface area contributed by atoms with Crippen LogP contribution in [0.4, 0.5) is 11.5 Å². The lowest BCUT2D eigenvalue weighted by atomic mass is 10.3. The molecular weight excluding hydrogens is 374 g/mol. The van der Waals surface area contributed by atoms with Crippen molar-refractivity contribution < 1.29 is 4.92 Å². The lowest BCUT2D eigenvalue weighted by molar-refractivity contribution is -0.391. The Labute approximate surface area is 158 Å². The number of aromatic nitrogens is 4. The molecule has 0 spiro atoms. The van der Waals surface area contributed by atoms with E-state index in [1.54, 1.807) is 31.3 Å². The summed E-state index contributed by atoms with van der Waals surface area (Å²) in [7, 11) is 3.07. The normalized spacial score (nSPS) is 11.1. The molecule has 11 heteroatoms. The van der Waals surface area contributed by atoms with Gasteiger partial charge in [-0.3, -0.25) is 9.80 Å². The summed E-state index contributed by atoms with van der Waals surface area (Å²) in [6.07, 6.45) is 3.87. The van der Waals surface area contributed by atoms with E-state index < -0.39 is 10.5 Å². The zero-order chi connectivity index (χ0) is 19.6. The van der Waals surface area contributed by atoms with Gasteiger partial charge in [-0.2, -0.15) is 14.9 Å². The molecular formula is C16H14ClN7O3. The third-order valence-corrected chi connectivity index (χ3v) is 4.14. The molecule has 2 heterocycles. The molecule has 0 aliphatic carbocycles. The highest BCUT2D eigenvalue weighted by atomic mass is 35.5. The van der Waals surface area contributed by atoms with E-state index in [0.29, 0.717) is 5.69 Å². The second-order valence-electron chi connectivity index (χ2n) is 5.46. The Morgan fingerprint density at radius 2 is 2.00 bits per heavy atom. The van der Waals surface area contributed by atoms with E-state index in [1.165, 1.54) is 33.7 Å². The Balaban J connectivity index is 1.89. The van der Waals surface area contributed by atoms with Crippen LogP contribution >= 0.6 is 11.6 Å². The Bertz CT molecular complexity index is 1080. The highest BCUT2D eigenvalue weighted by Gasteiger charge is 2.16. The number of hydrazone groups is 1. The first kappa shape index (κ1) is 18.3. The first-order valence-electron chi connectivity index (χ1n) is 7.67. The Morgan fingerprint density at radius 1 is 1.30 bits per heavy atom. The average molecular weight is 388 g/mol. The molecule has 3 aromatic rings. The quantitative estimate of drug-likeness (QED) is 0.376. The van der Waals surface area contributed by atoms with E-state index in [1.807, 2.05) is 6.07 Å². The van der Waals surface area contributed by atoms with Gasteiger partial charge in [0.15, 0.2) is 0 Å². The van der Waals surface area contributed by atoms with Crippen LogP contribution in [0.1, 0.15) is 5.82 Å². The van der Waals surface area contributed by atoms with E-state index in [-0.39, 0.29) is 22.4 Å². The average Bonchev–Trinajstić information content (AvgIpc) is 3.03. The van der Waals surface area contributed by atoms with Crippen LogP contribution in [-0.2, 0) is 7.05 Å². The highest BCUT2D eigenvalue weighted by molar-refractivity contribution is 6.33. The fourth-order valence-corrected chi connectivity index (χ4v) is 2.56. The van der Waals surface area contributed by atoms with Crippen molar-refractivity contribution in [3.63, 3.8) is 0 Å². The second kappa shape index (κ2) is 7.38. The molecule has 0 bridgehead atoms. The lowest BCUT2D eigenvalue weighted by Gasteiger charge is -2.14. The van der Waals surface area contributed by atoms with E-state index in [2.05, 4.69) is 15.2 Å². The number of benzene rings is 1. The molecule has 0 aliphatic heterocycles. The fourth-order valence-electron chi connectivity index (χ4n) is 2.31. The summed E-state index contributed by atoms with van der Waals surface area (Å²) < 4.78 is 2.47. The SMILES string of the molecule is CN(/N=C/c1ncc([N+](=O)[O-])n1C)c1cnn(-c2ccccc2)c(=O)c1Cl. The summed E-state index contributed by atoms with van der Waals surface area (Å²) >= 11 is 6.20. The number of hydrogen-bond acceptors (Lipinski definition) is 7. The fraction of sp³-hybridized carbons (Fsp3) is 0.125. The number of para-hydroxylation sites is 1. The van der Waals surface area contributed by atoms with Gasteiger partial charge in [0.2, 0.25) is 5.82 Å². The summed E-state index contributed by atoms with van der Waals surface area (Å²) in [4.78, 5) is 26.7. The molecule has 0 saturated heterocycles. The molecule has 27 heavy (non-hydrogen) atoms. The predicted molar refractivity (Wildman–Crippen MR) is 101 cm³/mol. The summed E-state index contributed by atoms with van der Waals surface area (Å²) in [6.45, 7) is 0. The Hall–Kier alpha value is -3.53. The molecule has 0 saturated carbocycles. The maximum absolute atomic E-state index is 12.5. The largest absolute Gasteiger partial charge is 0.358 e. The van der Waals surface area contributed by atoms with Crippen LogP contribution in [0.5, 0.6) is 0 Å². The van der Waals surface area contributed by atoms with Crippen LogP contribution in [-0.4, -0.2) is 37.5 Å². The van der Waals surface area contributed by atoms with Crippen molar-refractivity contribution >= 4 is 29.3 Å². The Morgan fingerprint density at radius 3 is 2.63 bits per heavy atom. The van der Waals surface area contributed by atoms with Crippen molar-refractivity contribution in [1.29, 1.82) is 0 Å². The van der Waals surface area contributed by atoms with Crippen molar-refractivity contribution in [3.05, 3.63) is 74.0 Å². The summed E-state index contributed by atoms with van der Waals surface area (Å²) in [5.74, 6) is 0.111. The summed E-state index contributed by atoms with van der Waals surface area (Å²) in [5, 5.41) is 20.4. The smallest absolute Gasteiger partial charge is 0.342 e. The lowest BCUT2D eigenvalue weighted by Crippen LogP contribution is -2.24. The standard InChI is InChI=1S/C16H14ClN7O3/c1-21-13(18-10-14(21)24(26)27)9-19-22(2)12-8-20-23(16(25)15(12)17)11-6-4-3-5-7-11/h3-10H,1-2H3/b19-9+. The number of imidazole rings is 1. The molecule has 0 aliphatic rings. The van der Waals surface area contributed by atoms with E-state index in [0.717, 1.165) is 6.20 Å². The van der Waals surface area contributed by atoms with Crippen LogP contribution in [0.25, 0.3) is 5.69 Å². The topological polar surface area (TPSA) is 111 Å². The number of nitrogens with zero attached hydrogens (tertiary/aromatic N) is 7. The molecule has 0 atom stereocenters.